The minimum absolute atomic E-state index is 0.0383. The van der Waals surface area contributed by atoms with Gasteiger partial charge in [-0.05, 0) is 55.1 Å². The highest BCUT2D eigenvalue weighted by molar-refractivity contribution is 7.90. The molecule has 0 unspecified atom stereocenters. The van der Waals surface area contributed by atoms with Gasteiger partial charge < -0.3 is 15.8 Å². The molecule has 3 rings (SSSR count). The maximum Gasteiger partial charge on any atom is 0.424 e. The molecule has 2 aromatic carbocycles. The molecule has 1 aliphatic heterocycles. The van der Waals surface area contributed by atoms with Crippen LogP contribution in [-0.2, 0) is 21.2 Å². The van der Waals surface area contributed by atoms with Gasteiger partial charge in [0.15, 0.2) is 9.84 Å². The summed E-state index contributed by atoms with van der Waals surface area (Å²) in [7, 11) is -3.64. The third-order valence-electron chi connectivity index (χ3n) is 5.27. The highest BCUT2D eigenvalue weighted by atomic mass is 32.2. The summed E-state index contributed by atoms with van der Waals surface area (Å²) in [6, 6.07) is 13.1. The topological polar surface area (TPSA) is 143 Å². The molecule has 0 bridgehead atoms. The first-order valence-electron chi connectivity index (χ1n) is 10.1. The number of guanidine groups is 1. The maximum atomic E-state index is 13.0. The van der Waals surface area contributed by atoms with Crippen molar-refractivity contribution in [2.24, 2.45) is 5.73 Å². The average Bonchev–Trinajstić information content (AvgIpc) is 2.78. The Balaban J connectivity index is 1.87. The van der Waals surface area contributed by atoms with E-state index >= 15 is 0 Å². The summed E-state index contributed by atoms with van der Waals surface area (Å²) in [5, 5.41) is 10.9. The van der Waals surface area contributed by atoms with Gasteiger partial charge in [-0.25, -0.2) is 13.2 Å². The number of carbonyl (C=O) groups is 2. The zero-order chi connectivity index (χ0) is 23.3. The van der Waals surface area contributed by atoms with Crippen molar-refractivity contribution >= 4 is 27.8 Å². The number of piperidine rings is 1. The number of hydrogen-bond acceptors (Lipinski definition) is 7. The van der Waals surface area contributed by atoms with Gasteiger partial charge in [0.2, 0.25) is 5.96 Å². The molecule has 1 heterocycles. The van der Waals surface area contributed by atoms with Crippen molar-refractivity contribution in [3.05, 3.63) is 65.2 Å². The lowest BCUT2D eigenvalue weighted by molar-refractivity contribution is 0.0758. The van der Waals surface area contributed by atoms with Gasteiger partial charge in [-0.3, -0.25) is 10.2 Å². The van der Waals surface area contributed by atoms with Crippen LogP contribution in [0.4, 0.5) is 4.79 Å². The largest absolute Gasteiger partial charge is 0.444 e. The molecule has 2 aromatic rings. The number of nitrogens with two attached hydrogens (primary N) is 1. The summed E-state index contributed by atoms with van der Waals surface area (Å²) in [5.41, 5.74) is 6.75. The Labute approximate surface area is 187 Å². The Bertz CT molecular complexity index is 1110. The van der Waals surface area contributed by atoms with E-state index in [9.17, 15) is 18.0 Å². The van der Waals surface area contributed by atoms with Crippen LogP contribution in [0.15, 0.2) is 53.4 Å². The van der Waals surface area contributed by atoms with Crippen LogP contribution >= 0.6 is 0 Å². The molecule has 1 fully saturated rings. The van der Waals surface area contributed by atoms with E-state index in [1.807, 2.05) is 6.07 Å². The molecule has 1 aliphatic rings. The third-order valence-corrected chi connectivity index (χ3v) is 6.42. The molecule has 170 valence electrons. The molecule has 0 aromatic heterocycles. The van der Waals surface area contributed by atoms with Gasteiger partial charge in [0, 0.05) is 11.8 Å². The fraction of sp³-hybridized carbons (Fsp3) is 0.318. The number of ether oxygens (including phenoxy) is 1. The van der Waals surface area contributed by atoms with E-state index in [-0.39, 0.29) is 23.0 Å². The van der Waals surface area contributed by atoms with Crippen molar-refractivity contribution in [2.75, 3.05) is 19.3 Å². The summed E-state index contributed by atoms with van der Waals surface area (Å²) in [4.78, 5) is 25.9. The van der Waals surface area contributed by atoms with E-state index in [0.29, 0.717) is 16.0 Å². The molecule has 0 saturated carbocycles. The molecule has 4 N–H and O–H groups in total. The minimum Gasteiger partial charge on any atom is -0.444 e. The zero-order valence-electron chi connectivity index (χ0n) is 17.7. The van der Waals surface area contributed by atoms with E-state index in [0.717, 1.165) is 32.2 Å². The Kier molecular flexibility index (Phi) is 7.26. The second-order valence-electron chi connectivity index (χ2n) is 7.62. The molecule has 32 heavy (non-hydrogen) atoms. The van der Waals surface area contributed by atoms with Gasteiger partial charge >= 0.3 is 6.09 Å². The number of amides is 2. The number of imide groups is 1. The van der Waals surface area contributed by atoms with Crippen LogP contribution in [0.25, 0.3) is 0 Å². The quantitative estimate of drug-likeness (QED) is 0.460. The van der Waals surface area contributed by atoms with Crippen molar-refractivity contribution in [1.29, 1.82) is 5.41 Å². The van der Waals surface area contributed by atoms with Gasteiger partial charge in [0.25, 0.3) is 5.91 Å². The molecule has 2 amide bonds. The zero-order valence-corrected chi connectivity index (χ0v) is 18.5. The highest BCUT2D eigenvalue weighted by Gasteiger charge is 2.30. The second-order valence-corrected chi connectivity index (χ2v) is 9.60. The molecule has 9 nitrogen and oxygen atoms in total. The van der Waals surface area contributed by atoms with Gasteiger partial charge in [0.05, 0.1) is 4.90 Å². The third kappa shape index (κ3) is 5.51. The highest BCUT2D eigenvalue weighted by Crippen LogP contribution is 2.31. The Morgan fingerprint density at radius 1 is 1.16 bits per heavy atom. The average molecular weight is 459 g/mol. The lowest BCUT2D eigenvalue weighted by Crippen LogP contribution is -2.45. The number of benzene rings is 2. The fourth-order valence-electron chi connectivity index (χ4n) is 3.66. The van der Waals surface area contributed by atoms with Gasteiger partial charge in [0.1, 0.15) is 6.61 Å². The van der Waals surface area contributed by atoms with Gasteiger partial charge in [-0.2, -0.15) is 4.90 Å². The van der Waals surface area contributed by atoms with Crippen LogP contribution in [0.3, 0.4) is 0 Å². The molecule has 0 spiro atoms. The maximum absolute atomic E-state index is 13.0. The van der Waals surface area contributed by atoms with Gasteiger partial charge in [-0.15, -0.1) is 0 Å². The first-order chi connectivity index (χ1) is 15.2. The molecule has 0 radical (unpaired) electrons. The lowest BCUT2D eigenvalue weighted by Gasteiger charge is -2.25. The molecule has 10 heteroatoms. The molecule has 1 saturated heterocycles. The lowest BCUT2D eigenvalue weighted by atomic mass is 9.89. The number of sulfone groups is 1. The molecule has 0 aliphatic carbocycles. The van der Waals surface area contributed by atoms with Gasteiger partial charge in [-0.1, -0.05) is 36.4 Å². The summed E-state index contributed by atoms with van der Waals surface area (Å²) in [5.74, 6) is -1.71. The van der Waals surface area contributed by atoms with E-state index < -0.39 is 27.8 Å². The van der Waals surface area contributed by atoms with E-state index in [1.165, 1.54) is 12.1 Å². The normalized spacial score (nSPS) is 14.5. The number of rotatable bonds is 5. The SMILES string of the molecule is CS(=O)(=O)c1cc(C(=O)N(C(=N)N)C(=O)OCc2ccccc2)ccc1C1CCNCC1. The van der Waals surface area contributed by atoms with E-state index in [1.54, 1.807) is 30.3 Å². The van der Waals surface area contributed by atoms with Crippen molar-refractivity contribution in [2.45, 2.75) is 30.3 Å². The molecule has 0 atom stereocenters. The number of nitrogens with one attached hydrogen (secondary N) is 2. The van der Waals surface area contributed by atoms with Crippen molar-refractivity contribution in [3.8, 4) is 0 Å². The van der Waals surface area contributed by atoms with E-state index in [4.69, 9.17) is 15.9 Å². The Morgan fingerprint density at radius 3 is 2.41 bits per heavy atom. The van der Waals surface area contributed by atoms with Crippen LogP contribution in [0, 0.1) is 5.41 Å². The van der Waals surface area contributed by atoms with Crippen molar-refractivity contribution in [1.82, 2.24) is 10.2 Å². The van der Waals surface area contributed by atoms with Crippen molar-refractivity contribution in [3.63, 3.8) is 0 Å². The van der Waals surface area contributed by atoms with Crippen LogP contribution in [0.5, 0.6) is 0 Å². The summed E-state index contributed by atoms with van der Waals surface area (Å²) in [6.45, 7) is 1.44. The predicted molar refractivity (Wildman–Crippen MR) is 119 cm³/mol. The standard InChI is InChI=1S/C22H26N4O5S/c1-32(29,30)19-13-17(7-8-18(19)16-9-11-25-12-10-16)20(27)26(21(23)24)22(28)31-14-15-5-3-2-4-6-15/h2-8,13,16,25H,9-12,14H2,1H3,(H3,23,24). The first kappa shape index (κ1) is 23.4. The summed E-state index contributed by atoms with van der Waals surface area (Å²) in [6.07, 6.45) is 1.52. The monoisotopic (exact) mass is 458 g/mol. The van der Waals surface area contributed by atoms with E-state index in [2.05, 4.69) is 5.32 Å². The fourth-order valence-corrected chi connectivity index (χ4v) is 4.67. The number of hydrogen-bond donors (Lipinski definition) is 3. The van der Waals surface area contributed by atoms with Crippen LogP contribution in [0.2, 0.25) is 0 Å². The summed E-state index contributed by atoms with van der Waals surface area (Å²) < 4.78 is 30.1. The summed E-state index contributed by atoms with van der Waals surface area (Å²) >= 11 is 0. The van der Waals surface area contributed by atoms with Crippen LogP contribution < -0.4 is 11.1 Å². The molecular formula is C22H26N4O5S. The smallest absolute Gasteiger partial charge is 0.424 e. The second kappa shape index (κ2) is 9.92. The Morgan fingerprint density at radius 2 is 1.81 bits per heavy atom. The first-order valence-corrected chi connectivity index (χ1v) is 12.0. The molecular weight excluding hydrogens is 432 g/mol. The van der Waals surface area contributed by atoms with Crippen LogP contribution in [-0.4, -0.2) is 50.6 Å². The number of nitrogens with zero attached hydrogens (tertiary/aromatic N) is 1. The number of carbonyl (C=O) groups excluding carboxylic acids is 2. The predicted octanol–water partition coefficient (Wildman–Crippen LogP) is 2.23. The van der Waals surface area contributed by atoms with Crippen LogP contribution in [0.1, 0.15) is 40.2 Å². The minimum atomic E-state index is -3.64. The Hall–Kier alpha value is -3.24. The van der Waals surface area contributed by atoms with Crippen molar-refractivity contribution < 1.29 is 22.7 Å².